The van der Waals surface area contributed by atoms with Gasteiger partial charge in [0.15, 0.2) is 0 Å². The Labute approximate surface area is 115 Å². The molecule has 0 aromatic rings. The van der Waals surface area contributed by atoms with E-state index in [4.69, 9.17) is 0 Å². The summed E-state index contributed by atoms with van der Waals surface area (Å²) in [5.41, 5.74) is 0. The monoisotopic (exact) mass is 257 g/mol. The standard InChI is InChI=1S/C16H35NO/c1-14(2)9-12-17(13-10-15(3)4)11-7-6-8-16(5)18/h14-16,18H,6-13H2,1-5H3. The van der Waals surface area contributed by atoms with Crippen LogP contribution in [0.4, 0.5) is 0 Å². The summed E-state index contributed by atoms with van der Waals surface area (Å²) in [7, 11) is 0. The van der Waals surface area contributed by atoms with Crippen molar-refractivity contribution in [1.82, 2.24) is 4.90 Å². The number of rotatable bonds is 11. The molecule has 0 saturated heterocycles. The molecule has 0 amide bonds. The quantitative estimate of drug-likeness (QED) is 0.567. The minimum absolute atomic E-state index is 0.134. The average molecular weight is 257 g/mol. The molecule has 1 N–H and O–H groups in total. The van der Waals surface area contributed by atoms with E-state index in [1.807, 2.05) is 6.92 Å². The van der Waals surface area contributed by atoms with Crippen molar-refractivity contribution < 1.29 is 5.11 Å². The van der Waals surface area contributed by atoms with Gasteiger partial charge in [0.25, 0.3) is 0 Å². The van der Waals surface area contributed by atoms with Crippen LogP contribution in [0, 0.1) is 11.8 Å². The SMILES string of the molecule is CC(C)CCN(CCCCC(C)O)CCC(C)C. The third kappa shape index (κ3) is 12.4. The maximum absolute atomic E-state index is 9.26. The predicted octanol–water partition coefficient (Wildman–Crippen LogP) is 3.93. The summed E-state index contributed by atoms with van der Waals surface area (Å²) < 4.78 is 0. The topological polar surface area (TPSA) is 23.5 Å². The fraction of sp³-hybridized carbons (Fsp3) is 1.00. The molecule has 1 atom stereocenters. The van der Waals surface area contributed by atoms with Crippen molar-refractivity contribution in [3.63, 3.8) is 0 Å². The van der Waals surface area contributed by atoms with Crippen LogP contribution >= 0.6 is 0 Å². The van der Waals surface area contributed by atoms with Gasteiger partial charge in [0.1, 0.15) is 0 Å². The van der Waals surface area contributed by atoms with Crippen molar-refractivity contribution in [3.05, 3.63) is 0 Å². The zero-order valence-corrected chi connectivity index (χ0v) is 13.3. The van der Waals surface area contributed by atoms with Crippen LogP contribution in [0.25, 0.3) is 0 Å². The Bertz CT molecular complexity index is 166. The minimum Gasteiger partial charge on any atom is -0.393 e. The number of aliphatic hydroxyl groups excluding tert-OH is 1. The molecule has 0 bridgehead atoms. The Morgan fingerprint density at radius 3 is 1.61 bits per heavy atom. The third-order valence-corrected chi connectivity index (χ3v) is 3.39. The molecule has 2 nitrogen and oxygen atoms in total. The summed E-state index contributed by atoms with van der Waals surface area (Å²) in [5.74, 6) is 1.59. The maximum Gasteiger partial charge on any atom is 0.0512 e. The van der Waals surface area contributed by atoms with Crippen LogP contribution in [0.1, 0.15) is 66.7 Å². The Hall–Kier alpha value is -0.0800. The van der Waals surface area contributed by atoms with Crippen molar-refractivity contribution in [2.24, 2.45) is 11.8 Å². The molecule has 2 heteroatoms. The summed E-state index contributed by atoms with van der Waals surface area (Å²) >= 11 is 0. The molecule has 0 heterocycles. The van der Waals surface area contributed by atoms with Crippen LogP contribution in [0.3, 0.4) is 0 Å². The van der Waals surface area contributed by atoms with E-state index >= 15 is 0 Å². The first kappa shape index (κ1) is 17.9. The van der Waals surface area contributed by atoms with Gasteiger partial charge in [-0.1, -0.05) is 27.7 Å². The van der Waals surface area contributed by atoms with Gasteiger partial charge in [-0.3, -0.25) is 0 Å². The fourth-order valence-corrected chi connectivity index (χ4v) is 1.99. The van der Waals surface area contributed by atoms with E-state index in [1.54, 1.807) is 0 Å². The van der Waals surface area contributed by atoms with Gasteiger partial charge >= 0.3 is 0 Å². The highest BCUT2D eigenvalue weighted by Crippen LogP contribution is 2.09. The second-order valence-corrected chi connectivity index (χ2v) is 6.55. The van der Waals surface area contributed by atoms with Gasteiger partial charge < -0.3 is 10.0 Å². The molecule has 0 radical (unpaired) electrons. The van der Waals surface area contributed by atoms with E-state index in [-0.39, 0.29) is 6.10 Å². The van der Waals surface area contributed by atoms with Crippen LogP contribution in [-0.4, -0.2) is 35.7 Å². The van der Waals surface area contributed by atoms with E-state index < -0.39 is 0 Å². The Balaban J connectivity index is 3.81. The van der Waals surface area contributed by atoms with E-state index in [0.717, 1.165) is 24.7 Å². The van der Waals surface area contributed by atoms with Gasteiger partial charge in [-0.2, -0.15) is 0 Å². The maximum atomic E-state index is 9.26. The van der Waals surface area contributed by atoms with E-state index in [9.17, 15) is 5.11 Å². The van der Waals surface area contributed by atoms with Crippen LogP contribution in [0.15, 0.2) is 0 Å². The lowest BCUT2D eigenvalue weighted by Crippen LogP contribution is -2.29. The first-order chi connectivity index (χ1) is 8.41. The smallest absolute Gasteiger partial charge is 0.0512 e. The molecular formula is C16H35NO. The van der Waals surface area contributed by atoms with Gasteiger partial charge in [0, 0.05) is 0 Å². The highest BCUT2D eigenvalue weighted by atomic mass is 16.3. The lowest BCUT2D eigenvalue weighted by molar-refractivity contribution is 0.175. The number of hydrogen-bond acceptors (Lipinski definition) is 2. The number of unbranched alkanes of at least 4 members (excludes halogenated alkanes) is 1. The first-order valence-electron chi connectivity index (χ1n) is 7.82. The third-order valence-electron chi connectivity index (χ3n) is 3.39. The second-order valence-electron chi connectivity index (χ2n) is 6.55. The second kappa shape index (κ2) is 10.8. The molecule has 0 aliphatic carbocycles. The molecule has 18 heavy (non-hydrogen) atoms. The lowest BCUT2D eigenvalue weighted by atomic mass is 10.1. The van der Waals surface area contributed by atoms with Crippen LogP contribution in [0.2, 0.25) is 0 Å². The van der Waals surface area contributed by atoms with E-state index in [0.29, 0.717) is 0 Å². The summed E-state index contributed by atoms with van der Waals surface area (Å²) in [6, 6.07) is 0. The molecule has 0 rings (SSSR count). The van der Waals surface area contributed by atoms with Crippen molar-refractivity contribution in [3.8, 4) is 0 Å². The normalized spacial score (nSPS) is 13.8. The molecule has 110 valence electrons. The van der Waals surface area contributed by atoms with Crippen molar-refractivity contribution in [1.29, 1.82) is 0 Å². The molecule has 0 aromatic carbocycles. The van der Waals surface area contributed by atoms with Crippen LogP contribution < -0.4 is 0 Å². The number of nitrogens with zero attached hydrogens (tertiary/aromatic N) is 1. The largest absolute Gasteiger partial charge is 0.393 e. The summed E-state index contributed by atoms with van der Waals surface area (Å²) in [4.78, 5) is 2.61. The van der Waals surface area contributed by atoms with Gasteiger partial charge in [0.2, 0.25) is 0 Å². The molecule has 0 saturated carbocycles. The zero-order chi connectivity index (χ0) is 14.0. The van der Waals surface area contributed by atoms with Crippen molar-refractivity contribution in [2.75, 3.05) is 19.6 Å². The summed E-state index contributed by atoms with van der Waals surface area (Å²) in [6.07, 6.45) is 5.79. The number of aliphatic hydroxyl groups is 1. The fourth-order valence-electron chi connectivity index (χ4n) is 1.99. The van der Waals surface area contributed by atoms with Crippen LogP contribution in [-0.2, 0) is 0 Å². The lowest BCUT2D eigenvalue weighted by Gasteiger charge is -2.24. The Morgan fingerprint density at radius 1 is 0.722 bits per heavy atom. The number of hydrogen-bond donors (Lipinski definition) is 1. The Morgan fingerprint density at radius 2 is 1.22 bits per heavy atom. The highest BCUT2D eigenvalue weighted by Gasteiger charge is 2.07. The minimum atomic E-state index is -0.134. The summed E-state index contributed by atoms with van der Waals surface area (Å²) in [5, 5.41) is 9.26. The Kier molecular flexibility index (Phi) is 10.8. The average Bonchev–Trinajstić information content (AvgIpc) is 2.25. The molecule has 0 fully saturated rings. The summed E-state index contributed by atoms with van der Waals surface area (Å²) in [6.45, 7) is 14.8. The molecular weight excluding hydrogens is 222 g/mol. The van der Waals surface area contributed by atoms with Gasteiger partial charge in [-0.15, -0.1) is 0 Å². The van der Waals surface area contributed by atoms with Crippen molar-refractivity contribution in [2.45, 2.75) is 72.8 Å². The van der Waals surface area contributed by atoms with Gasteiger partial charge in [-0.25, -0.2) is 0 Å². The molecule has 0 aromatic heterocycles. The first-order valence-corrected chi connectivity index (χ1v) is 7.82. The van der Waals surface area contributed by atoms with Gasteiger partial charge in [0.05, 0.1) is 6.10 Å². The van der Waals surface area contributed by atoms with E-state index in [1.165, 1.54) is 38.9 Å². The highest BCUT2D eigenvalue weighted by molar-refractivity contribution is 4.62. The van der Waals surface area contributed by atoms with E-state index in [2.05, 4.69) is 32.6 Å². The zero-order valence-electron chi connectivity index (χ0n) is 13.3. The molecule has 1 unspecified atom stereocenters. The molecule has 0 aliphatic rings. The van der Waals surface area contributed by atoms with Gasteiger partial charge in [-0.05, 0) is 70.5 Å². The predicted molar refractivity (Wildman–Crippen MR) is 80.9 cm³/mol. The molecule has 0 spiro atoms. The van der Waals surface area contributed by atoms with Crippen LogP contribution in [0.5, 0.6) is 0 Å². The molecule has 0 aliphatic heterocycles. The van der Waals surface area contributed by atoms with Crippen molar-refractivity contribution >= 4 is 0 Å².